The summed E-state index contributed by atoms with van der Waals surface area (Å²) >= 11 is 0. The maximum Gasteiger partial charge on any atom is 0.335 e. The van der Waals surface area contributed by atoms with Gasteiger partial charge in [0.15, 0.2) is 5.78 Å². The molecule has 86 valence electrons. The third-order valence-corrected chi connectivity index (χ3v) is 2.66. The Kier molecular flexibility index (Phi) is 4.23. The molecule has 0 saturated heterocycles. The van der Waals surface area contributed by atoms with Crippen LogP contribution in [0.2, 0.25) is 0 Å². The van der Waals surface area contributed by atoms with Gasteiger partial charge in [0.2, 0.25) is 0 Å². The summed E-state index contributed by atoms with van der Waals surface area (Å²) in [7, 11) is 0. The van der Waals surface area contributed by atoms with E-state index in [-0.39, 0.29) is 11.3 Å². The van der Waals surface area contributed by atoms with Crippen molar-refractivity contribution in [2.45, 2.75) is 26.7 Å². The number of ketones is 1. The van der Waals surface area contributed by atoms with Gasteiger partial charge in [-0.3, -0.25) is 4.79 Å². The Bertz CT molecular complexity index is 396. The van der Waals surface area contributed by atoms with Crippen LogP contribution in [-0.4, -0.2) is 16.9 Å². The average Bonchev–Trinajstić information content (AvgIpc) is 2.28. The third-order valence-electron chi connectivity index (χ3n) is 2.66. The fraction of sp³-hybridized carbons (Fsp3) is 0.385. The van der Waals surface area contributed by atoms with E-state index in [2.05, 4.69) is 0 Å². The van der Waals surface area contributed by atoms with Crippen LogP contribution in [-0.2, 0) is 0 Å². The topological polar surface area (TPSA) is 54.4 Å². The lowest BCUT2D eigenvalue weighted by molar-refractivity contribution is 0.0697. The highest BCUT2D eigenvalue weighted by atomic mass is 16.4. The summed E-state index contributed by atoms with van der Waals surface area (Å²) in [6.45, 7) is 4.05. The van der Waals surface area contributed by atoms with Crippen molar-refractivity contribution in [3.05, 3.63) is 35.4 Å². The van der Waals surface area contributed by atoms with Gasteiger partial charge in [-0.05, 0) is 18.1 Å². The zero-order chi connectivity index (χ0) is 12.1. The SMILES string of the molecule is CCC(C)CC(=O)c1cccc(C(=O)O)c1. The molecule has 0 aliphatic carbocycles. The molecular formula is C13H16O3. The molecule has 1 atom stereocenters. The van der Waals surface area contributed by atoms with Gasteiger partial charge in [0.25, 0.3) is 0 Å². The third kappa shape index (κ3) is 3.19. The lowest BCUT2D eigenvalue weighted by atomic mass is 9.97. The number of carboxylic acids is 1. The van der Waals surface area contributed by atoms with Crippen molar-refractivity contribution >= 4 is 11.8 Å². The van der Waals surface area contributed by atoms with Gasteiger partial charge in [-0.25, -0.2) is 4.79 Å². The first-order valence-electron chi connectivity index (χ1n) is 5.41. The van der Waals surface area contributed by atoms with Crippen molar-refractivity contribution < 1.29 is 14.7 Å². The highest BCUT2D eigenvalue weighted by Gasteiger charge is 2.11. The zero-order valence-electron chi connectivity index (χ0n) is 9.56. The number of carboxylic acid groups (broad SMARTS) is 1. The fourth-order valence-electron chi connectivity index (χ4n) is 1.40. The number of Topliss-reactive ketones (excluding diaryl/α,β-unsaturated/α-hetero) is 1. The summed E-state index contributed by atoms with van der Waals surface area (Å²) in [6, 6.07) is 6.19. The van der Waals surface area contributed by atoms with Gasteiger partial charge in [-0.1, -0.05) is 32.4 Å². The molecule has 1 N–H and O–H groups in total. The molecule has 3 nitrogen and oxygen atoms in total. The van der Waals surface area contributed by atoms with Crippen LogP contribution in [0.25, 0.3) is 0 Å². The Labute approximate surface area is 95.1 Å². The van der Waals surface area contributed by atoms with E-state index in [1.165, 1.54) is 12.1 Å². The van der Waals surface area contributed by atoms with E-state index in [4.69, 9.17) is 5.11 Å². The number of carbonyl (C=O) groups excluding carboxylic acids is 1. The number of benzene rings is 1. The molecular weight excluding hydrogens is 204 g/mol. The molecule has 0 spiro atoms. The number of hydrogen-bond acceptors (Lipinski definition) is 2. The molecule has 0 bridgehead atoms. The lowest BCUT2D eigenvalue weighted by Crippen LogP contribution is -2.06. The van der Waals surface area contributed by atoms with E-state index in [9.17, 15) is 9.59 Å². The second kappa shape index (κ2) is 5.45. The summed E-state index contributed by atoms with van der Waals surface area (Å²) in [5, 5.41) is 8.81. The molecule has 1 aromatic carbocycles. The van der Waals surface area contributed by atoms with Crippen LogP contribution in [0, 0.1) is 5.92 Å². The van der Waals surface area contributed by atoms with Gasteiger partial charge >= 0.3 is 5.97 Å². The highest BCUT2D eigenvalue weighted by molar-refractivity contribution is 5.98. The minimum Gasteiger partial charge on any atom is -0.478 e. The quantitative estimate of drug-likeness (QED) is 0.776. The lowest BCUT2D eigenvalue weighted by Gasteiger charge is -2.07. The predicted octanol–water partition coefficient (Wildman–Crippen LogP) is 3.00. The second-order valence-corrected chi connectivity index (χ2v) is 4.03. The largest absolute Gasteiger partial charge is 0.478 e. The van der Waals surface area contributed by atoms with E-state index in [0.29, 0.717) is 17.9 Å². The van der Waals surface area contributed by atoms with Crippen molar-refractivity contribution in [2.24, 2.45) is 5.92 Å². The van der Waals surface area contributed by atoms with Gasteiger partial charge < -0.3 is 5.11 Å². The van der Waals surface area contributed by atoms with Crippen molar-refractivity contribution in [1.29, 1.82) is 0 Å². The smallest absolute Gasteiger partial charge is 0.335 e. The Balaban J connectivity index is 2.83. The summed E-state index contributed by atoms with van der Waals surface area (Å²) in [4.78, 5) is 22.5. The molecule has 16 heavy (non-hydrogen) atoms. The molecule has 0 radical (unpaired) electrons. The van der Waals surface area contributed by atoms with E-state index >= 15 is 0 Å². The van der Waals surface area contributed by atoms with E-state index in [0.717, 1.165) is 6.42 Å². The van der Waals surface area contributed by atoms with Gasteiger partial charge in [-0.15, -0.1) is 0 Å². The molecule has 1 unspecified atom stereocenters. The average molecular weight is 220 g/mol. The van der Waals surface area contributed by atoms with Crippen LogP contribution in [0.3, 0.4) is 0 Å². The van der Waals surface area contributed by atoms with E-state index < -0.39 is 5.97 Å². The van der Waals surface area contributed by atoms with Gasteiger partial charge in [0, 0.05) is 12.0 Å². The van der Waals surface area contributed by atoms with Gasteiger partial charge in [0.1, 0.15) is 0 Å². The molecule has 1 rings (SSSR count). The molecule has 0 aliphatic heterocycles. The first-order chi connectivity index (χ1) is 7.54. The van der Waals surface area contributed by atoms with Crippen molar-refractivity contribution in [3.63, 3.8) is 0 Å². The first kappa shape index (κ1) is 12.4. The zero-order valence-corrected chi connectivity index (χ0v) is 9.56. The van der Waals surface area contributed by atoms with Gasteiger partial charge in [0.05, 0.1) is 5.56 Å². The molecule has 0 fully saturated rings. The number of aromatic carboxylic acids is 1. The molecule has 0 amide bonds. The van der Waals surface area contributed by atoms with Crippen molar-refractivity contribution in [2.75, 3.05) is 0 Å². The maximum absolute atomic E-state index is 11.8. The van der Waals surface area contributed by atoms with Crippen molar-refractivity contribution in [3.8, 4) is 0 Å². The molecule has 0 saturated carbocycles. The normalized spacial score (nSPS) is 12.1. The molecule has 0 aromatic heterocycles. The van der Waals surface area contributed by atoms with Crippen LogP contribution in [0.4, 0.5) is 0 Å². The minimum atomic E-state index is -1.00. The molecule has 0 aliphatic rings. The summed E-state index contributed by atoms with van der Waals surface area (Å²) in [6.07, 6.45) is 1.42. The van der Waals surface area contributed by atoms with Crippen molar-refractivity contribution in [1.82, 2.24) is 0 Å². The van der Waals surface area contributed by atoms with Crippen LogP contribution in [0.5, 0.6) is 0 Å². The van der Waals surface area contributed by atoms with Crippen LogP contribution in [0.1, 0.15) is 47.4 Å². The number of carbonyl (C=O) groups is 2. The maximum atomic E-state index is 11.8. The van der Waals surface area contributed by atoms with Gasteiger partial charge in [-0.2, -0.15) is 0 Å². The van der Waals surface area contributed by atoms with Crippen LogP contribution in [0.15, 0.2) is 24.3 Å². The molecule has 1 aromatic rings. The minimum absolute atomic E-state index is 0.0115. The van der Waals surface area contributed by atoms with E-state index in [1.54, 1.807) is 12.1 Å². The van der Waals surface area contributed by atoms with E-state index in [1.807, 2.05) is 13.8 Å². The standard InChI is InChI=1S/C13H16O3/c1-3-9(2)7-12(14)10-5-4-6-11(8-10)13(15)16/h4-6,8-9H,3,7H2,1-2H3,(H,15,16). The first-order valence-corrected chi connectivity index (χ1v) is 5.41. The predicted molar refractivity (Wildman–Crippen MR) is 61.8 cm³/mol. The van der Waals surface area contributed by atoms with Crippen LogP contribution < -0.4 is 0 Å². The second-order valence-electron chi connectivity index (χ2n) is 4.03. The monoisotopic (exact) mass is 220 g/mol. The summed E-state index contributed by atoms with van der Waals surface area (Å²) < 4.78 is 0. The summed E-state index contributed by atoms with van der Waals surface area (Å²) in [5.74, 6) is -0.656. The fourth-order valence-corrected chi connectivity index (χ4v) is 1.40. The Morgan fingerprint density at radius 1 is 1.31 bits per heavy atom. The number of hydrogen-bond donors (Lipinski definition) is 1. The Morgan fingerprint density at radius 3 is 2.50 bits per heavy atom. The summed E-state index contributed by atoms with van der Waals surface area (Å²) in [5.41, 5.74) is 0.648. The highest BCUT2D eigenvalue weighted by Crippen LogP contribution is 2.13. The number of rotatable bonds is 5. The molecule has 3 heteroatoms. The van der Waals surface area contributed by atoms with Crippen LogP contribution >= 0.6 is 0 Å². The molecule has 0 heterocycles. The Hall–Kier alpha value is -1.64. The Morgan fingerprint density at radius 2 is 1.94 bits per heavy atom.